The van der Waals surface area contributed by atoms with Crippen LogP contribution in [0.2, 0.25) is 0 Å². The minimum atomic E-state index is -0.388. The smallest absolute Gasteiger partial charge is 0.144 e. The number of phenolic OH excluding ortho intramolecular Hbond substituents is 1. The molecule has 0 bridgehead atoms. The van der Waals surface area contributed by atoms with E-state index in [1.54, 1.807) is 0 Å². The van der Waals surface area contributed by atoms with Gasteiger partial charge in [0.05, 0.1) is 23.3 Å². The standard InChI is InChI=1S/C27H35N3O2/c1-7-30(8-2)18-9-10-19(23(31)13-18)26-25-22(14-27(5,6)15-24(25)32)28-20-11-16(3)17(4)12-21(20)29-26/h9-13,25-26,29,31H,7-8,14-15H2,1-6H3/t25-,26-/m1/s1. The summed E-state index contributed by atoms with van der Waals surface area (Å²) in [5.74, 6) is 0.0170. The minimum absolute atomic E-state index is 0.115. The molecule has 0 saturated heterocycles. The highest BCUT2D eigenvalue weighted by Crippen LogP contribution is 2.47. The number of hydrogen-bond donors (Lipinski definition) is 2. The molecule has 0 unspecified atom stereocenters. The number of fused-ring (bicyclic) bond motifs is 2. The summed E-state index contributed by atoms with van der Waals surface area (Å²) in [6, 6.07) is 9.69. The lowest BCUT2D eigenvalue weighted by Gasteiger charge is -2.37. The van der Waals surface area contributed by atoms with Crippen LogP contribution in [0.15, 0.2) is 35.3 Å². The third-order valence-electron chi connectivity index (χ3n) is 7.02. The van der Waals surface area contributed by atoms with Gasteiger partial charge in [-0.25, -0.2) is 0 Å². The number of carbonyl (C=O) groups is 1. The van der Waals surface area contributed by atoms with Crippen molar-refractivity contribution in [2.24, 2.45) is 16.3 Å². The van der Waals surface area contributed by atoms with Crippen LogP contribution in [-0.4, -0.2) is 29.7 Å². The van der Waals surface area contributed by atoms with Crippen LogP contribution in [-0.2, 0) is 4.79 Å². The molecule has 5 nitrogen and oxygen atoms in total. The van der Waals surface area contributed by atoms with Gasteiger partial charge in [-0.3, -0.25) is 9.79 Å². The van der Waals surface area contributed by atoms with Crippen molar-refractivity contribution in [2.75, 3.05) is 23.3 Å². The van der Waals surface area contributed by atoms with Crippen molar-refractivity contribution in [3.8, 4) is 5.75 Å². The van der Waals surface area contributed by atoms with Gasteiger partial charge >= 0.3 is 0 Å². The predicted molar refractivity (Wildman–Crippen MR) is 133 cm³/mol. The highest BCUT2D eigenvalue weighted by atomic mass is 16.3. The molecule has 0 spiro atoms. The van der Waals surface area contributed by atoms with Gasteiger partial charge in [-0.2, -0.15) is 0 Å². The molecule has 2 N–H and O–H groups in total. The third kappa shape index (κ3) is 4.01. The second-order valence-corrected chi connectivity index (χ2v) is 10.1. The Hall–Kier alpha value is -2.82. The van der Waals surface area contributed by atoms with E-state index in [1.165, 1.54) is 11.1 Å². The minimum Gasteiger partial charge on any atom is -0.508 e. The number of rotatable bonds is 4. The Bertz CT molecular complexity index is 1080. The molecular formula is C27H35N3O2. The first kappa shape index (κ1) is 22.4. The molecule has 0 radical (unpaired) electrons. The van der Waals surface area contributed by atoms with Crippen molar-refractivity contribution in [2.45, 2.75) is 60.4 Å². The molecule has 170 valence electrons. The summed E-state index contributed by atoms with van der Waals surface area (Å²) in [5, 5.41) is 14.7. The molecule has 0 amide bonds. The van der Waals surface area contributed by atoms with Crippen LogP contribution >= 0.6 is 0 Å². The molecule has 32 heavy (non-hydrogen) atoms. The van der Waals surface area contributed by atoms with E-state index in [9.17, 15) is 9.90 Å². The van der Waals surface area contributed by atoms with Gasteiger partial charge in [-0.15, -0.1) is 0 Å². The summed E-state index contributed by atoms with van der Waals surface area (Å²) >= 11 is 0. The topological polar surface area (TPSA) is 64.9 Å². The first-order chi connectivity index (χ1) is 15.1. The Morgan fingerprint density at radius 2 is 1.78 bits per heavy atom. The van der Waals surface area contributed by atoms with Gasteiger partial charge in [0.2, 0.25) is 0 Å². The van der Waals surface area contributed by atoms with Crippen molar-refractivity contribution < 1.29 is 9.90 Å². The Labute approximate surface area is 191 Å². The SMILES string of the molecule is CCN(CC)c1ccc([C@H]2Nc3cc(C)c(C)cc3N=C3CC(C)(C)CC(=O)[C@@H]32)c(O)c1. The largest absolute Gasteiger partial charge is 0.508 e. The number of anilines is 2. The highest BCUT2D eigenvalue weighted by molar-refractivity contribution is 6.10. The van der Waals surface area contributed by atoms with Gasteiger partial charge < -0.3 is 15.3 Å². The fourth-order valence-corrected chi connectivity index (χ4v) is 5.17. The maximum atomic E-state index is 13.4. The second kappa shape index (κ2) is 8.27. The molecule has 5 heteroatoms. The van der Waals surface area contributed by atoms with Gasteiger partial charge in [0.1, 0.15) is 11.5 Å². The number of carbonyl (C=O) groups excluding carboxylic acids is 1. The van der Waals surface area contributed by atoms with Crippen LogP contribution in [0, 0.1) is 25.2 Å². The van der Waals surface area contributed by atoms with Crippen LogP contribution < -0.4 is 10.2 Å². The maximum Gasteiger partial charge on any atom is 0.144 e. The number of nitrogens with one attached hydrogen (secondary N) is 1. The number of benzene rings is 2. The number of aliphatic imine (C=N–C) groups is 1. The Kier molecular flexibility index (Phi) is 5.78. The summed E-state index contributed by atoms with van der Waals surface area (Å²) in [5.41, 5.74) is 6.68. The number of aromatic hydroxyl groups is 1. The van der Waals surface area contributed by atoms with Gasteiger partial charge in [-0.1, -0.05) is 19.9 Å². The lowest BCUT2D eigenvalue weighted by molar-refractivity contribution is -0.124. The average Bonchev–Trinajstić information content (AvgIpc) is 2.85. The fourth-order valence-electron chi connectivity index (χ4n) is 5.17. The molecule has 2 aromatic carbocycles. The molecule has 2 aliphatic rings. The molecule has 1 saturated carbocycles. The highest BCUT2D eigenvalue weighted by Gasteiger charge is 2.44. The molecule has 2 aromatic rings. The van der Waals surface area contributed by atoms with Crippen molar-refractivity contribution in [1.29, 1.82) is 0 Å². The molecule has 1 aliphatic carbocycles. The quantitative estimate of drug-likeness (QED) is 0.611. The zero-order valence-corrected chi connectivity index (χ0v) is 20.1. The Morgan fingerprint density at radius 1 is 1.09 bits per heavy atom. The molecular weight excluding hydrogens is 398 g/mol. The van der Waals surface area contributed by atoms with Crippen molar-refractivity contribution >= 4 is 28.6 Å². The van der Waals surface area contributed by atoms with Crippen LogP contribution in [0.5, 0.6) is 5.75 Å². The summed E-state index contributed by atoms with van der Waals surface area (Å²) < 4.78 is 0. The molecule has 0 aromatic heterocycles. The van der Waals surface area contributed by atoms with Crippen LogP contribution in [0.4, 0.5) is 17.1 Å². The molecule has 1 fully saturated rings. The fraction of sp³-hybridized carbons (Fsp3) is 0.481. The summed E-state index contributed by atoms with van der Waals surface area (Å²) in [7, 11) is 0. The molecule has 4 rings (SSSR count). The number of ketones is 1. The Morgan fingerprint density at radius 3 is 2.44 bits per heavy atom. The maximum absolute atomic E-state index is 13.4. The van der Waals surface area contributed by atoms with E-state index in [4.69, 9.17) is 4.99 Å². The number of Topliss-reactive ketones (excluding diaryl/α,β-unsaturated/α-hetero) is 1. The summed E-state index contributed by atoms with van der Waals surface area (Å²) in [6.07, 6.45) is 1.29. The van der Waals surface area contributed by atoms with E-state index in [1.807, 2.05) is 18.2 Å². The summed E-state index contributed by atoms with van der Waals surface area (Å²) in [4.78, 5) is 20.7. The second-order valence-electron chi connectivity index (χ2n) is 10.1. The van der Waals surface area contributed by atoms with Gasteiger partial charge in [0.25, 0.3) is 0 Å². The van der Waals surface area contributed by atoms with Crippen molar-refractivity contribution in [1.82, 2.24) is 0 Å². The van der Waals surface area contributed by atoms with Crippen LogP contribution in [0.3, 0.4) is 0 Å². The zero-order chi connectivity index (χ0) is 23.2. The monoisotopic (exact) mass is 433 g/mol. The normalized spacial score (nSPS) is 21.7. The number of aryl methyl sites for hydroxylation is 2. The van der Waals surface area contributed by atoms with E-state index in [-0.39, 0.29) is 28.9 Å². The average molecular weight is 434 g/mol. The number of hydrogen-bond acceptors (Lipinski definition) is 5. The van der Waals surface area contributed by atoms with Crippen molar-refractivity contribution in [3.63, 3.8) is 0 Å². The molecule has 1 heterocycles. The first-order valence-corrected chi connectivity index (χ1v) is 11.7. The number of phenols is 1. The van der Waals surface area contributed by atoms with E-state index in [0.29, 0.717) is 6.42 Å². The van der Waals surface area contributed by atoms with E-state index in [0.717, 1.165) is 47.8 Å². The van der Waals surface area contributed by atoms with Gasteiger partial charge in [-0.05, 0) is 68.9 Å². The van der Waals surface area contributed by atoms with Crippen LogP contribution in [0.1, 0.15) is 63.3 Å². The lowest BCUT2D eigenvalue weighted by atomic mass is 9.68. The summed E-state index contributed by atoms with van der Waals surface area (Å²) in [6.45, 7) is 14.4. The first-order valence-electron chi connectivity index (χ1n) is 11.7. The van der Waals surface area contributed by atoms with E-state index in [2.05, 4.69) is 63.9 Å². The van der Waals surface area contributed by atoms with Gasteiger partial charge in [0.15, 0.2) is 0 Å². The van der Waals surface area contributed by atoms with E-state index < -0.39 is 0 Å². The Balaban J connectivity index is 1.85. The lowest BCUT2D eigenvalue weighted by Crippen LogP contribution is -2.42. The molecule has 2 atom stereocenters. The van der Waals surface area contributed by atoms with Gasteiger partial charge in [0, 0.05) is 42.5 Å². The molecule has 1 aliphatic heterocycles. The third-order valence-corrected chi connectivity index (χ3v) is 7.02. The zero-order valence-electron chi connectivity index (χ0n) is 20.1. The van der Waals surface area contributed by atoms with E-state index >= 15 is 0 Å². The van der Waals surface area contributed by atoms with Crippen LogP contribution in [0.25, 0.3) is 0 Å². The van der Waals surface area contributed by atoms with Crippen molar-refractivity contribution in [3.05, 3.63) is 47.0 Å². The predicted octanol–water partition coefficient (Wildman–Crippen LogP) is 6.10. The number of nitrogens with zero attached hydrogens (tertiary/aromatic N) is 2.